The van der Waals surface area contributed by atoms with Gasteiger partial charge in [-0.2, -0.15) is 0 Å². The number of allylic oxidation sites excluding steroid dienone is 2. The van der Waals surface area contributed by atoms with Gasteiger partial charge >= 0.3 is 0 Å². The van der Waals surface area contributed by atoms with Crippen molar-refractivity contribution in [2.24, 2.45) is 17.0 Å². The Morgan fingerprint density at radius 1 is 1.38 bits per heavy atom. The number of aliphatic hydroxyl groups is 2. The Labute approximate surface area is 205 Å². The minimum absolute atomic E-state index is 0.0215. The SMILES string of the molecule is CCCC(ON=C(C1=C(O)CC(CCNS(C)(=O)=O)CC1=O)C1CC1)C(O)c1cc(Cl)ccn1. The second-order valence-electron chi connectivity index (χ2n) is 9.00. The third-order valence-corrected chi connectivity index (χ3v) is 6.88. The maximum atomic E-state index is 12.9. The molecule has 0 bridgehead atoms. The zero-order valence-corrected chi connectivity index (χ0v) is 21.0. The molecule has 2 aliphatic carbocycles. The van der Waals surface area contributed by atoms with Gasteiger partial charge < -0.3 is 15.1 Å². The Morgan fingerprint density at radius 3 is 2.71 bits per heavy atom. The van der Waals surface area contributed by atoms with Crippen molar-refractivity contribution in [3.05, 3.63) is 40.4 Å². The minimum atomic E-state index is -3.31. The second kappa shape index (κ2) is 11.6. The zero-order valence-electron chi connectivity index (χ0n) is 19.4. The van der Waals surface area contributed by atoms with E-state index in [9.17, 15) is 23.4 Å². The maximum Gasteiger partial charge on any atom is 0.208 e. The van der Waals surface area contributed by atoms with E-state index in [2.05, 4.69) is 14.9 Å². The van der Waals surface area contributed by atoms with Crippen LogP contribution in [0.15, 0.2) is 34.8 Å². The van der Waals surface area contributed by atoms with Gasteiger partial charge in [0.25, 0.3) is 0 Å². The fourth-order valence-electron chi connectivity index (χ4n) is 4.05. The monoisotopic (exact) mass is 513 g/mol. The van der Waals surface area contributed by atoms with Crippen LogP contribution in [0.25, 0.3) is 0 Å². The molecule has 0 saturated heterocycles. The van der Waals surface area contributed by atoms with E-state index in [1.807, 2.05) is 6.92 Å². The Hall–Kier alpha value is -2.01. The first-order valence-corrected chi connectivity index (χ1v) is 13.8. The highest BCUT2D eigenvalue weighted by molar-refractivity contribution is 7.88. The molecule has 3 N–H and O–H groups in total. The molecule has 34 heavy (non-hydrogen) atoms. The molecule has 3 atom stereocenters. The smallest absolute Gasteiger partial charge is 0.208 e. The number of pyridine rings is 1. The average Bonchev–Trinajstić information content (AvgIpc) is 3.58. The molecular weight excluding hydrogens is 482 g/mol. The molecule has 0 aromatic carbocycles. The van der Waals surface area contributed by atoms with Crippen molar-refractivity contribution >= 4 is 33.1 Å². The lowest BCUT2D eigenvalue weighted by molar-refractivity contribution is -0.116. The van der Waals surface area contributed by atoms with Crippen LogP contribution in [0.1, 0.15) is 63.7 Å². The Kier molecular flexibility index (Phi) is 9.08. The number of oxime groups is 1. The van der Waals surface area contributed by atoms with Crippen LogP contribution in [-0.2, 0) is 19.7 Å². The molecule has 3 rings (SSSR count). The number of aliphatic hydroxyl groups excluding tert-OH is 2. The van der Waals surface area contributed by atoms with Crippen molar-refractivity contribution < 1.29 is 28.3 Å². The van der Waals surface area contributed by atoms with Gasteiger partial charge in [0.15, 0.2) is 11.9 Å². The summed E-state index contributed by atoms with van der Waals surface area (Å²) in [5, 5.41) is 26.2. The highest BCUT2D eigenvalue weighted by Crippen LogP contribution is 2.38. The summed E-state index contributed by atoms with van der Waals surface area (Å²) in [6.07, 6.45) is 4.66. The van der Waals surface area contributed by atoms with Crippen LogP contribution >= 0.6 is 11.6 Å². The number of hydrogen-bond donors (Lipinski definition) is 3. The highest BCUT2D eigenvalue weighted by atomic mass is 35.5. The van der Waals surface area contributed by atoms with Crippen molar-refractivity contribution in [1.82, 2.24) is 9.71 Å². The maximum absolute atomic E-state index is 12.9. The van der Waals surface area contributed by atoms with E-state index in [1.54, 1.807) is 12.1 Å². The number of aromatic nitrogens is 1. The fraction of sp³-hybridized carbons (Fsp3) is 0.609. The summed E-state index contributed by atoms with van der Waals surface area (Å²) >= 11 is 6.02. The highest BCUT2D eigenvalue weighted by Gasteiger charge is 2.38. The topological polar surface area (TPSA) is 138 Å². The van der Waals surface area contributed by atoms with Crippen LogP contribution in [0.5, 0.6) is 0 Å². The summed E-state index contributed by atoms with van der Waals surface area (Å²) < 4.78 is 24.9. The summed E-state index contributed by atoms with van der Waals surface area (Å²) in [7, 11) is -3.31. The molecule has 188 valence electrons. The number of halogens is 1. The number of sulfonamides is 1. The second-order valence-corrected chi connectivity index (χ2v) is 11.3. The molecule has 9 nitrogen and oxygen atoms in total. The number of rotatable bonds is 12. The van der Waals surface area contributed by atoms with Crippen molar-refractivity contribution in [3.63, 3.8) is 0 Å². The third kappa shape index (κ3) is 7.49. The molecule has 0 aliphatic heterocycles. The molecular formula is C23H32ClN3O6S. The molecule has 1 heterocycles. The van der Waals surface area contributed by atoms with Crippen LogP contribution < -0.4 is 4.72 Å². The van der Waals surface area contributed by atoms with E-state index in [0.29, 0.717) is 29.3 Å². The van der Waals surface area contributed by atoms with Gasteiger partial charge in [0, 0.05) is 36.5 Å². The largest absolute Gasteiger partial charge is 0.511 e. The van der Waals surface area contributed by atoms with Gasteiger partial charge in [-0.05, 0) is 43.7 Å². The lowest BCUT2D eigenvalue weighted by Gasteiger charge is -2.25. The molecule has 2 aliphatic rings. The van der Waals surface area contributed by atoms with Crippen LogP contribution in [0.3, 0.4) is 0 Å². The number of ketones is 1. The van der Waals surface area contributed by atoms with E-state index < -0.39 is 22.2 Å². The summed E-state index contributed by atoms with van der Waals surface area (Å²) in [6.45, 7) is 2.16. The van der Waals surface area contributed by atoms with Crippen LogP contribution in [0.2, 0.25) is 5.02 Å². The summed E-state index contributed by atoms with van der Waals surface area (Å²) in [5.74, 6) is -0.408. The third-order valence-electron chi connectivity index (χ3n) is 5.92. The van der Waals surface area contributed by atoms with Crippen LogP contribution in [-0.4, -0.2) is 54.0 Å². The van der Waals surface area contributed by atoms with Gasteiger partial charge in [0.2, 0.25) is 10.0 Å². The number of nitrogens with one attached hydrogen (secondary N) is 1. The quantitative estimate of drug-likeness (QED) is 0.287. The van der Waals surface area contributed by atoms with E-state index in [4.69, 9.17) is 16.4 Å². The van der Waals surface area contributed by atoms with Gasteiger partial charge in [0.1, 0.15) is 11.9 Å². The van der Waals surface area contributed by atoms with Gasteiger partial charge in [-0.3, -0.25) is 9.78 Å². The van der Waals surface area contributed by atoms with Gasteiger partial charge in [-0.1, -0.05) is 30.1 Å². The first-order valence-electron chi connectivity index (χ1n) is 11.5. The zero-order chi connectivity index (χ0) is 24.9. The standard InChI is InChI=1S/C23H32ClN3O6S/c1-3-4-20(23(30)17-13-16(24)8-9-25-17)33-27-22(15-5-6-15)21-18(28)11-14(12-19(21)29)7-10-26-34(2,31)32/h8-9,13-15,20,23,26,28,30H,3-7,10-12H2,1-2H3. The number of Topliss-reactive ketones (excluding diaryl/α,β-unsaturated/α-hetero) is 1. The normalized spacial score (nSPS) is 21.5. The molecule has 0 amide bonds. The van der Waals surface area contributed by atoms with Gasteiger partial charge in [0.05, 0.1) is 23.2 Å². The summed E-state index contributed by atoms with van der Waals surface area (Å²) in [6, 6.07) is 3.19. The van der Waals surface area contributed by atoms with Crippen molar-refractivity contribution in [3.8, 4) is 0 Å². The van der Waals surface area contributed by atoms with Crippen molar-refractivity contribution in [1.29, 1.82) is 0 Å². The van der Waals surface area contributed by atoms with Gasteiger partial charge in [-0.15, -0.1) is 0 Å². The average molecular weight is 514 g/mol. The molecule has 3 unspecified atom stereocenters. The van der Waals surface area contributed by atoms with E-state index in [0.717, 1.165) is 25.5 Å². The van der Waals surface area contributed by atoms with Crippen molar-refractivity contribution in [2.75, 3.05) is 12.8 Å². The predicted octanol–water partition coefficient (Wildman–Crippen LogP) is 3.45. The molecule has 1 aromatic heterocycles. The van der Waals surface area contributed by atoms with Crippen LogP contribution in [0, 0.1) is 11.8 Å². The number of nitrogens with zero attached hydrogens (tertiary/aromatic N) is 2. The first kappa shape index (κ1) is 26.6. The molecule has 0 radical (unpaired) electrons. The molecule has 1 aromatic rings. The van der Waals surface area contributed by atoms with E-state index >= 15 is 0 Å². The van der Waals surface area contributed by atoms with Crippen LogP contribution in [0.4, 0.5) is 0 Å². The predicted molar refractivity (Wildman–Crippen MR) is 129 cm³/mol. The Morgan fingerprint density at radius 2 is 2.12 bits per heavy atom. The minimum Gasteiger partial charge on any atom is -0.511 e. The number of hydrogen-bond acceptors (Lipinski definition) is 8. The number of carbonyl (C=O) groups excluding carboxylic acids is 1. The van der Waals surface area contributed by atoms with Crippen molar-refractivity contribution in [2.45, 2.75) is 64.1 Å². The summed E-state index contributed by atoms with van der Waals surface area (Å²) in [4.78, 5) is 22.9. The molecule has 1 saturated carbocycles. The van der Waals surface area contributed by atoms with E-state index in [1.165, 1.54) is 6.20 Å². The molecule has 0 spiro atoms. The Balaban J connectivity index is 1.75. The Bertz CT molecular complexity index is 1050. The fourth-order valence-corrected chi connectivity index (χ4v) is 4.70. The van der Waals surface area contributed by atoms with Gasteiger partial charge in [-0.25, -0.2) is 13.1 Å². The lowest BCUT2D eigenvalue weighted by atomic mass is 9.82. The molecule has 11 heteroatoms. The lowest BCUT2D eigenvalue weighted by Crippen LogP contribution is -2.30. The summed E-state index contributed by atoms with van der Waals surface area (Å²) in [5.41, 5.74) is 0.985. The number of carbonyl (C=O) groups is 1. The first-order chi connectivity index (χ1) is 16.1. The van der Waals surface area contributed by atoms with E-state index in [-0.39, 0.29) is 48.3 Å². The molecule has 1 fully saturated rings.